The third-order valence-electron chi connectivity index (χ3n) is 2.20. The molecule has 0 saturated heterocycles. The molecule has 0 unspecified atom stereocenters. The van der Waals surface area contributed by atoms with Crippen molar-refractivity contribution in [3.63, 3.8) is 0 Å². The Balaban J connectivity index is 3.24. The monoisotopic (exact) mass is 270 g/mol. The summed E-state index contributed by atoms with van der Waals surface area (Å²) >= 11 is 0. The molecule has 4 nitrogen and oxygen atoms in total. The summed E-state index contributed by atoms with van der Waals surface area (Å²) in [7, 11) is -3.80. The molecule has 0 aliphatic heterocycles. The van der Waals surface area contributed by atoms with Crippen molar-refractivity contribution >= 4 is 15.7 Å². The second kappa shape index (κ2) is 5.79. The summed E-state index contributed by atoms with van der Waals surface area (Å²) in [6.45, 7) is 7.20. The Bertz CT molecular complexity index is 525. The maximum Gasteiger partial charge on any atom is 0.243 e. The molecule has 0 radical (unpaired) electrons. The Labute approximate surface area is 106 Å². The van der Waals surface area contributed by atoms with Crippen molar-refractivity contribution in [1.82, 2.24) is 4.31 Å². The van der Waals surface area contributed by atoms with Crippen molar-refractivity contribution in [1.29, 1.82) is 0 Å². The number of hydrogen-bond acceptors (Lipinski definition) is 3. The van der Waals surface area contributed by atoms with Gasteiger partial charge >= 0.3 is 0 Å². The number of sulfonamides is 1. The summed E-state index contributed by atoms with van der Waals surface area (Å²) in [5, 5.41) is 0. The topological polar surface area (TPSA) is 63.4 Å². The zero-order chi connectivity index (χ0) is 13.8. The van der Waals surface area contributed by atoms with Crippen LogP contribution in [0.25, 0.3) is 0 Å². The maximum absolute atomic E-state index is 13.2. The summed E-state index contributed by atoms with van der Waals surface area (Å²) in [4.78, 5) is -0.177. The van der Waals surface area contributed by atoms with Crippen molar-refractivity contribution in [3.8, 4) is 0 Å². The molecule has 18 heavy (non-hydrogen) atoms. The fourth-order valence-corrected chi connectivity index (χ4v) is 2.89. The van der Waals surface area contributed by atoms with Crippen molar-refractivity contribution in [2.45, 2.75) is 4.90 Å². The van der Waals surface area contributed by atoms with Gasteiger partial charge in [0.2, 0.25) is 10.0 Å². The summed E-state index contributed by atoms with van der Waals surface area (Å²) in [5.41, 5.74) is 5.50. The molecule has 0 aliphatic rings. The first kappa shape index (κ1) is 14.4. The molecule has 0 aliphatic carbocycles. The molecule has 0 saturated carbocycles. The minimum atomic E-state index is -3.80. The Morgan fingerprint density at radius 1 is 1.22 bits per heavy atom. The van der Waals surface area contributed by atoms with Crippen LogP contribution < -0.4 is 5.73 Å². The Hall–Kier alpha value is -1.66. The lowest BCUT2D eigenvalue weighted by Gasteiger charge is -2.19. The average Bonchev–Trinajstić information content (AvgIpc) is 2.27. The molecule has 0 atom stereocenters. The van der Waals surface area contributed by atoms with Gasteiger partial charge in [0, 0.05) is 18.8 Å². The Kier molecular flexibility index (Phi) is 4.63. The molecule has 0 amide bonds. The van der Waals surface area contributed by atoms with Crippen molar-refractivity contribution in [3.05, 3.63) is 49.3 Å². The van der Waals surface area contributed by atoms with Gasteiger partial charge in [-0.3, -0.25) is 0 Å². The van der Waals surface area contributed by atoms with E-state index in [1.165, 1.54) is 18.2 Å². The minimum Gasteiger partial charge on any atom is -0.399 e. The highest BCUT2D eigenvalue weighted by molar-refractivity contribution is 7.89. The van der Waals surface area contributed by atoms with Crippen LogP contribution in [0.2, 0.25) is 0 Å². The highest BCUT2D eigenvalue weighted by atomic mass is 32.2. The second-order valence-electron chi connectivity index (χ2n) is 3.62. The molecule has 1 rings (SSSR count). The summed E-state index contributed by atoms with van der Waals surface area (Å²) in [6, 6.07) is 3.22. The van der Waals surface area contributed by atoms with E-state index in [1.807, 2.05) is 0 Å². The number of benzene rings is 1. The largest absolute Gasteiger partial charge is 0.399 e. The van der Waals surface area contributed by atoms with E-state index in [1.54, 1.807) is 0 Å². The van der Waals surface area contributed by atoms with Crippen molar-refractivity contribution in [2.24, 2.45) is 0 Å². The normalized spacial score (nSPS) is 11.4. The maximum atomic E-state index is 13.2. The first-order valence-corrected chi connectivity index (χ1v) is 6.64. The predicted octanol–water partition coefficient (Wildman–Crippen LogP) is 1.77. The van der Waals surface area contributed by atoms with E-state index in [-0.39, 0.29) is 23.7 Å². The van der Waals surface area contributed by atoms with E-state index < -0.39 is 15.8 Å². The zero-order valence-corrected chi connectivity index (χ0v) is 10.7. The number of hydrogen-bond donors (Lipinski definition) is 1. The first-order valence-electron chi connectivity index (χ1n) is 5.20. The number of anilines is 1. The number of halogens is 1. The molecule has 0 bridgehead atoms. The number of nitrogens with two attached hydrogens (primary N) is 1. The fourth-order valence-electron chi connectivity index (χ4n) is 1.44. The van der Waals surface area contributed by atoms with E-state index in [2.05, 4.69) is 13.2 Å². The van der Waals surface area contributed by atoms with Gasteiger partial charge in [-0.2, -0.15) is 4.31 Å². The number of rotatable bonds is 6. The summed E-state index contributed by atoms with van der Waals surface area (Å²) in [5.74, 6) is -0.689. The second-order valence-corrected chi connectivity index (χ2v) is 5.56. The quantitative estimate of drug-likeness (QED) is 0.633. The van der Waals surface area contributed by atoms with Gasteiger partial charge in [-0.05, 0) is 18.2 Å². The highest BCUT2D eigenvalue weighted by Gasteiger charge is 2.23. The van der Waals surface area contributed by atoms with Crippen molar-refractivity contribution in [2.75, 3.05) is 18.8 Å². The zero-order valence-electron chi connectivity index (χ0n) is 9.84. The third-order valence-corrected chi connectivity index (χ3v) is 4.01. The van der Waals surface area contributed by atoms with Gasteiger partial charge in [0.1, 0.15) is 5.82 Å². The van der Waals surface area contributed by atoms with Crippen LogP contribution in [0, 0.1) is 5.82 Å². The van der Waals surface area contributed by atoms with Crippen LogP contribution in [0.4, 0.5) is 10.1 Å². The molecule has 0 fully saturated rings. The average molecular weight is 270 g/mol. The van der Waals surface area contributed by atoms with Crippen LogP contribution in [0.5, 0.6) is 0 Å². The predicted molar refractivity (Wildman–Crippen MR) is 70.0 cm³/mol. The molecule has 98 valence electrons. The SMILES string of the molecule is C=CCN(CC=C)S(=O)(=O)c1cc(N)cc(F)c1. The Morgan fingerprint density at radius 2 is 1.78 bits per heavy atom. The standard InChI is InChI=1S/C12H15FN2O2S/c1-3-5-15(6-4-2)18(16,17)12-8-10(13)7-11(14)9-12/h3-4,7-9H,1-2,5-6,14H2. The molecule has 0 spiro atoms. The molecule has 0 aromatic heterocycles. The van der Waals surface area contributed by atoms with Gasteiger partial charge in [0.25, 0.3) is 0 Å². The smallest absolute Gasteiger partial charge is 0.243 e. The minimum absolute atomic E-state index is 0.0609. The van der Waals surface area contributed by atoms with Gasteiger partial charge in [-0.1, -0.05) is 12.2 Å². The van der Waals surface area contributed by atoms with Gasteiger partial charge in [0.05, 0.1) is 4.90 Å². The van der Waals surface area contributed by atoms with Crippen LogP contribution in [0.3, 0.4) is 0 Å². The van der Waals surface area contributed by atoms with Crippen LogP contribution in [0.15, 0.2) is 48.4 Å². The summed E-state index contributed by atoms with van der Waals surface area (Å²) in [6.07, 6.45) is 2.90. The lowest BCUT2D eigenvalue weighted by atomic mass is 10.3. The van der Waals surface area contributed by atoms with Crippen LogP contribution in [-0.4, -0.2) is 25.8 Å². The molecule has 1 aromatic carbocycles. The summed E-state index contributed by atoms with van der Waals surface area (Å²) < 4.78 is 38.8. The van der Waals surface area contributed by atoms with E-state index in [0.717, 1.165) is 16.4 Å². The third kappa shape index (κ3) is 3.18. The molecule has 6 heteroatoms. The van der Waals surface area contributed by atoms with Gasteiger partial charge < -0.3 is 5.73 Å². The van der Waals surface area contributed by atoms with Gasteiger partial charge in [-0.25, -0.2) is 12.8 Å². The van der Waals surface area contributed by atoms with Crippen LogP contribution in [0.1, 0.15) is 0 Å². The van der Waals surface area contributed by atoms with Crippen LogP contribution >= 0.6 is 0 Å². The molecule has 1 aromatic rings. The van der Waals surface area contributed by atoms with E-state index in [4.69, 9.17) is 5.73 Å². The fraction of sp³-hybridized carbons (Fsp3) is 0.167. The van der Waals surface area contributed by atoms with E-state index >= 15 is 0 Å². The van der Waals surface area contributed by atoms with Crippen LogP contribution in [-0.2, 0) is 10.0 Å². The first-order chi connectivity index (χ1) is 8.41. The lowest BCUT2D eigenvalue weighted by molar-refractivity contribution is 0.473. The number of nitrogen functional groups attached to an aromatic ring is 1. The number of nitrogens with zero attached hydrogens (tertiary/aromatic N) is 1. The molecule has 0 heterocycles. The lowest BCUT2D eigenvalue weighted by Crippen LogP contribution is -2.31. The van der Waals surface area contributed by atoms with E-state index in [9.17, 15) is 12.8 Å². The highest BCUT2D eigenvalue weighted by Crippen LogP contribution is 2.20. The molecular formula is C12H15FN2O2S. The Morgan fingerprint density at radius 3 is 2.22 bits per heavy atom. The van der Waals surface area contributed by atoms with Gasteiger partial charge in [0.15, 0.2) is 0 Å². The van der Waals surface area contributed by atoms with Gasteiger partial charge in [-0.15, -0.1) is 13.2 Å². The van der Waals surface area contributed by atoms with Crippen molar-refractivity contribution < 1.29 is 12.8 Å². The molecular weight excluding hydrogens is 255 g/mol. The molecule has 2 N–H and O–H groups in total. The van der Waals surface area contributed by atoms with E-state index in [0.29, 0.717) is 0 Å².